The first-order valence-corrected chi connectivity index (χ1v) is 4.64. The van der Waals surface area contributed by atoms with Gasteiger partial charge in [0.05, 0.1) is 0 Å². The molecule has 16 heavy (non-hydrogen) atoms. The normalized spacial score (nSPS) is 10.4. The van der Waals surface area contributed by atoms with Crippen LogP contribution in [-0.4, -0.2) is 20.9 Å². The van der Waals surface area contributed by atoms with Crippen molar-refractivity contribution in [2.75, 3.05) is 11.2 Å². The minimum Gasteiger partial charge on any atom is -0.379 e. The van der Waals surface area contributed by atoms with Crippen LogP contribution in [0.15, 0.2) is 16.8 Å². The number of carbonyl (C=O) groups is 1. The number of aromatic nitrogens is 3. The summed E-state index contributed by atoms with van der Waals surface area (Å²) in [6.07, 6.45) is 0. The Morgan fingerprint density at radius 1 is 1.38 bits per heavy atom. The first kappa shape index (κ1) is 10.2. The van der Waals surface area contributed by atoms with E-state index in [1.165, 1.54) is 0 Å². The Bertz CT molecular complexity index is 508. The molecule has 0 aliphatic carbocycles. The van der Waals surface area contributed by atoms with Gasteiger partial charge in [-0.15, -0.1) is 0 Å². The average Bonchev–Trinajstić information content (AvgIpc) is 2.79. The standard InChI is InChI=1S/C9H11N5O2/c1-5-3-4-6(2)14(5)11-9(15)7-8(10)13-16-12-7/h3-4H,1-2H3,(H2,10,13)(H,11,15). The van der Waals surface area contributed by atoms with Gasteiger partial charge in [-0.05, 0) is 36.3 Å². The van der Waals surface area contributed by atoms with Crippen molar-refractivity contribution in [3.8, 4) is 0 Å². The second kappa shape index (κ2) is 3.69. The second-order valence-corrected chi connectivity index (χ2v) is 3.39. The van der Waals surface area contributed by atoms with Gasteiger partial charge in [0, 0.05) is 11.4 Å². The van der Waals surface area contributed by atoms with Gasteiger partial charge in [0.2, 0.25) is 11.5 Å². The molecule has 7 nitrogen and oxygen atoms in total. The lowest BCUT2D eigenvalue weighted by Crippen LogP contribution is -2.25. The van der Waals surface area contributed by atoms with Gasteiger partial charge in [0.25, 0.3) is 5.91 Å². The van der Waals surface area contributed by atoms with Crippen LogP contribution in [-0.2, 0) is 0 Å². The zero-order valence-corrected chi connectivity index (χ0v) is 8.89. The van der Waals surface area contributed by atoms with Gasteiger partial charge in [0.15, 0.2) is 0 Å². The molecule has 0 aromatic carbocycles. The number of rotatable bonds is 2. The number of amides is 1. The number of nitrogens with one attached hydrogen (secondary N) is 1. The summed E-state index contributed by atoms with van der Waals surface area (Å²) in [5, 5.41) is 6.75. The molecular weight excluding hydrogens is 210 g/mol. The van der Waals surface area contributed by atoms with Gasteiger partial charge >= 0.3 is 0 Å². The average molecular weight is 221 g/mol. The summed E-state index contributed by atoms with van der Waals surface area (Å²) in [6, 6.07) is 3.78. The van der Waals surface area contributed by atoms with Crippen LogP contribution < -0.4 is 11.2 Å². The van der Waals surface area contributed by atoms with Gasteiger partial charge in [-0.25, -0.2) is 4.63 Å². The van der Waals surface area contributed by atoms with Crippen LogP contribution in [0.5, 0.6) is 0 Å². The molecule has 2 rings (SSSR count). The number of hydrogen-bond donors (Lipinski definition) is 2. The van der Waals surface area contributed by atoms with Crippen LogP contribution in [0.2, 0.25) is 0 Å². The topological polar surface area (TPSA) is 99.0 Å². The summed E-state index contributed by atoms with van der Waals surface area (Å²) in [4.78, 5) is 11.7. The van der Waals surface area contributed by atoms with E-state index >= 15 is 0 Å². The smallest absolute Gasteiger partial charge is 0.296 e. The number of aryl methyl sites for hydroxylation is 2. The Labute approximate surface area is 91.2 Å². The number of carbonyl (C=O) groups excluding carboxylic acids is 1. The molecule has 2 aromatic rings. The lowest BCUT2D eigenvalue weighted by atomic mass is 10.4. The molecule has 1 amide bonds. The molecule has 0 aliphatic rings. The molecule has 3 N–H and O–H groups in total. The third-order valence-corrected chi connectivity index (χ3v) is 2.21. The number of hydrogen-bond acceptors (Lipinski definition) is 5. The van der Waals surface area contributed by atoms with Gasteiger partial charge in [-0.3, -0.25) is 14.9 Å². The zero-order chi connectivity index (χ0) is 11.7. The van der Waals surface area contributed by atoms with Crippen LogP contribution in [0, 0.1) is 13.8 Å². The fraction of sp³-hybridized carbons (Fsp3) is 0.222. The van der Waals surface area contributed by atoms with Crippen LogP contribution >= 0.6 is 0 Å². The van der Waals surface area contributed by atoms with Crippen molar-refractivity contribution in [2.24, 2.45) is 0 Å². The number of nitrogens with two attached hydrogens (primary N) is 1. The molecule has 0 unspecified atom stereocenters. The predicted octanol–water partition coefficient (Wildman–Crippen LogP) is 0.454. The lowest BCUT2D eigenvalue weighted by molar-refractivity contribution is 0.0998. The van der Waals surface area contributed by atoms with Crippen molar-refractivity contribution in [1.82, 2.24) is 15.0 Å². The lowest BCUT2D eigenvalue weighted by Gasteiger charge is -2.09. The molecule has 0 bridgehead atoms. The van der Waals surface area contributed by atoms with Crippen molar-refractivity contribution < 1.29 is 9.42 Å². The molecule has 0 radical (unpaired) electrons. The molecule has 0 saturated carbocycles. The Balaban J connectivity index is 2.24. The summed E-state index contributed by atoms with van der Waals surface area (Å²) in [6.45, 7) is 3.75. The van der Waals surface area contributed by atoms with Gasteiger partial charge in [0.1, 0.15) is 0 Å². The van der Waals surface area contributed by atoms with Crippen molar-refractivity contribution in [1.29, 1.82) is 0 Å². The Morgan fingerprint density at radius 3 is 2.50 bits per heavy atom. The second-order valence-electron chi connectivity index (χ2n) is 3.39. The molecule has 7 heteroatoms. The Hall–Kier alpha value is -2.31. The molecule has 0 fully saturated rings. The van der Waals surface area contributed by atoms with Crippen molar-refractivity contribution in [2.45, 2.75) is 13.8 Å². The molecule has 0 atom stereocenters. The van der Waals surface area contributed by atoms with Crippen molar-refractivity contribution in [3.63, 3.8) is 0 Å². The highest BCUT2D eigenvalue weighted by molar-refractivity contribution is 6.01. The van der Waals surface area contributed by atoms with E-state index in [-0.39, 0.29) is 11.5 Å². The van der Waals surface area contributed by atoms with E-state index in [1.54, 1.807) is 4.68 Å². The maximum absolute atomic E-state index is 11.7. The Morgan fingerprint density at radius 2 is 2.00 bits per heavy atom. The monoisotopic (exact) mass is 221 g/mol. The van der Waals surface area contributed by atoms with Gasteiger partial charge < -0.3 is 5.73 Å². The number of nitrogen functional groups attached to an aromatic ring is 1. The summed E-state index contributed by atoms with van der Waals surface area (Å²) >= 11 is 0. The predicted molar refractivity (Wildman–Crippen MR) is 56.3 cm³/mol. The van der Waals surface area contributed by atoms with Gasteiger partial charge in [-0.1, -0.05) is 0 Å². The van der Waals surface area contributed by atoms with Crippen molar-refractivity contribution >= 4 is 11.7 Å². The first-order valence-electron chi connectivity index (χ1n) is 4.64. The Kier molecular flexibility index (Phi) is 2.35. The van der Waals surface area contributed by atoms with E-state index in [9.17, 15) is 4.79 Å². The SMILES string of the molecule is Cc1ccc(C)n1NC(=O)c1nonc1N. The number of nitrogens with zero attached hydrogens (tertiary/aromatic N) is 3. The zero-order valence-electron chi connectivity index (χ0n) is 8.89. The van der Waals surface area contributed by atoms with E-state index in [2.05, 4.69) is 20.4 Å². The minimum atomic E-state index is -0.457. The summed E-state index contributed by atoms with van der Waals surface area (Å²) < 4.78 is 5.99. The maximum Gasteiger partial charge on any atom is 0.296 e. The third kappa shape index (κ3) is 1.62. The fourth-order valence-electron chi connectivity index (χ4n) is 1.35. The molecule has 84 valence electrons. The highest BCUT2D eigenvalue weighted by atomic mass is 16.6. The molecule has 0 spiro atoms. The van der Waals surface area contributed by atoms with E-state index in [1.807, 2.05) is 26.0 Å². The summed E-state index contributed by atoms with van der Waals surface area (Å²) in [7, 11) is 0. The minimum absolute atomic E-state index is 0.0208. The van der Waals surface area contributed by atoms with E-state index < -0.39 is 5.91 Å². The quantitative estimate of drug-likeness (QED) is 0.767. The summed E-state index contributed by atoms with van der Waals surface area (Å²) in [5.74, 6) is -0.485. The van der Waals surface area contributed by atoms with E-state index in [0.29, 0.717) is 0 Å². The first-order chi connectivity index (χ1) is 7.59. The summed E-state index contributed by atoms with van der Waals surface area (Å²) in [5.41, 5.74) is 9.83. The molecule has 0 saturated heterocycles. The maximum atomic E-state index is 11.7. The third-order valence-electron chi connectivity index (χ3n) is 2.21. The molecular formula is C9H11N5O2. The van der Waals surface area contributed by atoms with Gasteiger partial charge in [-0.2, -0.15) is 0 Å². The highest BCUT2D eigenvalue weighted by Crippen LogP contribution is 2.08. The van der Waals surface area contributed by atoms with Crippen LogP contribution in [0.4, 0.5) is 5.82 Å². The highest BCUT2D eigenvalue weighted by Gasteiger charge is 2.16. The number of anilines is 1. The fourth-order valence-corrected chi connectivity index (χ4v) is 1.35. The molecule has 2 aromatic heterocycles. The van der Waals surface area contributed by atoms with Crippen LogP contribution in [0.25, 0.3) is 0 Å². The van der Waals surface area contributed by atoms with E-state index in [0.717, 1.165) is 11.4 Å². The van der Waals surface area contributed by atoms with E-state index in [4.69, 9.17) is 5.73 Å². The van der Waals surface area contributed by atoms with Crippen molar-refractivity contribution in [3.05, 3.63) is 29.2 Å². The largest absolute Gasteiger partial charge is 0.379 e. The molecule has 2 heterocycles. The van der Waals surface area contributed by atoms with Crippen LogP contribution in [0.1, 0.15) is 21.9 Å². The molecule has 0 aliphatic heterocycles. The van der Waals surface area contributed by atoms with Crippen LogP contribution in [0.3, 0.4) is 0 Å².